The van der Waals surface area contributed by atoms with Crippen LogP contribution in [-0.2, 0) is 9.59 Å². The Bertz CT molecular complexity index is 1030. The summed E-state index contributed by atoms with van der Waals surface area (Å²) in [5.74, 6) is -2.15. The number of fused-ring (bicyclic) bond motifs is 3. The molecule has 10 nitrogen and oxygen atoms in total. The van der Waals surface area contributed by atoms with Gasteiger partial charge in [-0.25, -0.2) is 9.78 Å². The molecule has 1 aromatic heterocycles. The highest BCUT2D eigenvalue weighted by atomic mass is 19.4. The number of aromatic nitrogens is 1. The lowest BCUT2D eigenvalue weighted by molar-refractivity contribution is -0.151. The zero-order chi connectivity index (χ0) is 23.1. The highest BCUT2D eigenvalue weighted by molar-refractivity contribution is 6.01. The van der Waals surface area contributed by atoms with Gasteiger partial charge in [0.05, 0.1) is 5.41 Å². The largest absolute Gasteiger partial charge is 0.481 e. The highest BCUT2D eigenvalue weighted by Crippen LogP contribution is 2.49. The Hall–Kier alpha value is -3.48. The fraction of sp³-hybridized carbons (Fsp3) is 0.421. The van der Waals surface area contributed by atoms with Gasteiger partial charge in [0, 0.05) is 38.1 Å². The molecule has 3 unspecified atom stereocenters. The average Bonchev–Trinajstić information content (AvgIpc) is 3.22. The molecule has 4 rings (SSSR count). The van der Waals surface area contributed by atoms with Crippen molar-refractivity contribution >= 4 is 35.6 Å². The predicted octanol–water partition coefficient (Wildman–Crippen LogP) is 1.38. The van der Waals surface area contributed by atoms with Crippen molar-refractivity contribution in [3.8, 4) is 0 Å². The highest BCUT2D eigenvalue weighted by Gasteiger charge is 2.65. The number of hydrogen-bond acceptors (Lipinski definition) is 6. The van der Waals surface area contributed by atoms with Gasteiger partial charge >= 0.3 is 18.2 Å². The van der Waals surface area contributed by atoms with E-state index in [0.29, 0.717) is 5.69 Å². The average molecular weight is 452 g/mol. The van der Waals surface area contributed by atoms with E-state index in [1.807, 2.05) is 0 Å². The van der Waals surface area contributed by atoms with Gasteiger partial charge in [0.25, 0.3) is 5.91 Å². The van der Waals surface area contributed by atoms with Crippen LogP contribution < -0.4 is 15.5 Å². The number of pyridine rings is 1. The van der Waals surface area contributed by atoms with Crippen molar-refractivity contribution < 1.29 is 32.7 Å². The number of halogens is 3. The van der Waals surface area contributed by atoms with E-state index in [1.165, 1.54) is 29.6 Å². The lowest BCUT2D eigenvalue weighted by Crippen LogP contribution is -2.68. The van der Waals surface area contributed by atoms with Crippen molar-refractivity contribution in [2.24, 2.45) is 10.4 Å². The maximum Gasteiger partial charge on any atom is 0.405 e. The number of anilines is 1. The number of amides is 3. The van der Waals surface area contributed by atoms with Gasteiger partial charge in [-0.2, -0.15) is 13.2 Å². The summed E-state index contributed by atoms with van der Waals surface area (Å²) < 4.78 is 38.2. The van der Waals surface area contributed by atoms with Crippen LogP contribution in [0.25, 0.3) is 0 Å². The number of aliphatic imine (C=N–C) groups is 1. The molecule has 3 amide bonds. The van der Waals surface area contributed by atoms with Crippen molar-refractivity contribution in [2.75, 3.05) is 24.5 Å². The van der Waals surface area contributed by atoms with E-state index in [-0.39, 0.29) is 31.7 Å². The number of allylic oxidation sites excluding steroid dienone is 1. The fourth-order valence-corrected chi connectivity index (χ4v) is 4.32. The lowest BCUT2D eigenvalue weighted by atomic mass is 9.79. The number of carboxylic acid groups (broad SMARTS) is 1. The summed E-state index contributed by atoms with van der Waals surface area (Å²) in [6, 6.07) is 2.36. The molecular formula is C19H19F3N6O4. The van der Waals surface area contributed by atoms with Crippen LogP contribution in [0.15, 0.2) is 35.6 Å². The Kier molecular flexibility index (Phi) is 5.15. The first-order valence-corrected chi connectivity index (χ1v) is 9.67. The monoisotopic (exact) mass is 452 g/mol. The molecule has 2 bridgehead atoms. The number of carbonyl (C=O) groups is 3. The van der Waals surface area contributed by atoms with Gasteiger partial charge in [-0.05, 0) is 24.6 Å². The number of carbonyl (C=O) groups excluding carboxylic acids is 2. The maximum atomic E-state index is 13.2. The van der Waals surface area contributed by atoms with Crippen LogP contribution in [0.5, 0.6) is 0 Å². The van der Waals surface area contributed by atoms with Gasteiger partial charge in [-0.15, -0.1) is 0 Å². The topological polar surface area (TPSA) is 127 Å². The summed E-state index contributed by atoms with van der Waals surface area (Å²) in [4.78, 5) is 48.8. The number of nitrogens with one attached hydrogen (secondary N) is 2. The SMILES string of the molecule is O=C(NC1(C(=O)NCC(F)(F)F)CC2(C(=O)O)CCN1C2)N1C=CC=Nc2cccnc21. The summed E-state index contributed by atoms with van der Waals surface area (Å²) in [5.41, 5.74) is -2.95. The zero-order valence-corrected chi connectivity index (χ0v) is 16.6. The van der Waals surface area contributed by atoms with Crippen LogP contribution in [0.3, 0.4) is 0 Å². The third-order valence-electron chi connectivity index (χ3n) is 5.83. The van der Waals surface area contributed by atoms with Crippen LogP contribution in [0, 0.1) is 5.41 Å². The molecule has 0 saturated carbocycles. The molecule has 4 heterocycles. The van der Waals surface area contributed by atoms with Gasteiger partial charge in [0.15, 0.2) is 11.5 Å². The van der Waals surface area contributed by atoms with E-state index < -0.39 is 41.7 Å². The Morgan fingerprint density at radius 2 is 2.06 bits per heavy atom. The molecule has 32 heavy (non-hydrogen) atoms. The number of nitrogens with zero attached hydrogens (tertiary/aromatic N) is 4. The molecule has 1 aromatic rings. The van der Waals surface area contributed by atoms with Crippen molar-refractivity contribution in [2.45, 2.75) is 24.7 Å². The molecule has 2 saturated heterocycles. The standard InChI is InChI=1S/C19H19F3N6O4/c20-19(21,22)10-25-14(29)18(9-17(15(30)31)4-8-27(18)11-17)26-16(32)28-7-2-6-23-12-3-1-5-24-13(12)28/h1-3,5-7H,4,8-11H2,(H,25,29)(H,26,32)(H,30,31). The second-order valence-corrected chi connectivity index (χ2v) is 7.86. The van der Waals surface area contributed by atoms with Crippen LogP contribution in [0.2, 0.25) is 0 Å². The molecular weight excluding hydrogens is 433 g/mol. The molecule has 3 N–H and O–H groups in total. The number of urea groups is 1. The van der Waals surface area contributed by atoms with Gasteiger partial charge in [0.1, 0.15) is 12.2 Å². The summed E-state index contributed by atoms with van der Waals surface area (Å²) in [6.07, 6.45) is 0.834. The van der Waals surface area contributed by atoms with E-state index in [9.17, 15) is 32.7 Å². The second-order valence-electron chi connectivity index (χ2n) is 7.86. The minimum Gasteiger partial charge on any atom is -0.481 e. The lowest BCUT2D eigenvalue weighted by Gasteiger charge is -2.40. The van der Waals surface area contributed by atoms with E-state index in [0.717, 1.165) is 4.90 Å². The smallest absolute Gasteiger partial charge is 0.405 e. The molecule has 0 aromatic carbocycles. The third-order valence-corrected chi connectivity index (χ3v) is 5.83. The Morgan fingerprint density at radius 3 is 2.75 bits per heavy atom. The summed E-state index contributed by atoms with van der Waals surface area (Å²) in [7, 11) is 0. The van der Waals surface area contributed by atoms with Crippen molar-refractivity contribution in [1.29, 1.82) is 0 Å². The molecule has 0 radical (unpaired) electrons. The Balaban J connectivity index is 1.66. The van der Waals surface area contributed by atoms with E-state index in [1.54, 1.807) is 17.4 Å². The van der Waals surface area contributed by atoms with Gasteiger partial charge in [-0.1, -0.05) is 0 Å². The van der Waals surface area contributed by atoms with Crippen LogP contribution >= 0.6 is 0 Å². The van der Waals surface area contributed by atoms with Gasteiger partial charge in [-0.3, -0.25) is 24.4 Å². The van der Waals surface area contributed by atoms with Crippen molar-refractivity contribution in [3.05, 3.63) is 30.6 Å². The number of piperidine rings is 1. The van der Waals surface area contributed by atoms with E-state index >= 15 is 0 Å². The minimum absolute atomic E-state index is 0.0736. The predicted molar refractivity (Wildman–Crippen MR) is 105 cm³/mol. The number of hydrogen-bond donors (Lipinski definition) is 3. The Morgan fingerprint density at radius 1 is 1.28 bits per heavy atom. The number of carboxylic acids is 1. The quantitative estimate of drug-likeness (QED) is 0.634. The maximum absolute atomic E-state index is 13.2. The van der Waals surface area contributed by atoms with Crippen LogP contribution in [0.4, 0.5) is 29.5 Å². The molecule has 3 atom stereocenters. The fourth-order valence-electron chi connectivity index (χ4n) is 4.32. The van der Waals surface area contributed by atoms with Gasteiger partial charge < -0.3 is 15.7 Å². The summed E-state index contributed by atoms with van der Waals surface area (Å²) >= 11 is 0. The van der Waals surface area contributed by atoms with Crippen molar-refractivity contribution in [3.63, 3.8) is 0 Å². The molecule has 3 aliphatic heterocycles. The molecule has 3 aliphatic rings. The number of aliphatic carboxylic acids is 1. The molecule has 0 spiro atoms. The first kappa shape index (κ1) is 21.7. The van der Waals surface area contributed by atoms with E-state index in [4.69, 9.17) is 0 Å². The summed E-state index contributed by atoms with van der Waals surface area (Å²) in [6.45, 7) is -1.56. The second kappa shape index (κ2) is 7.58. The van der Waals surface area contributed by atoms with Crippen LogP contribution in [-0.4, -0.2) is 70.6 Å². The summed E-state index contributed by atoms with van der Waals surface area (Å²) in [5, 5.41) is 14.0. The van der Waals surface area contributed by atoms with Crippen LogP contribution in [0.1, 0.15) is 12.8 Å². The minimum atomic E-state index is -4.67. The third kappa shape index (κ3) is 3.68. The number of alkyl halides is 3. The zero-order valence-electron chi connectivity index (χ0n) is 16.6. The molecule has 0 aliphatic carbocycles. The molecule has 13 heteroatoms. The first-order chi connectivity index (χ1) is 15.1. The number of rotatable bonds is 4. The molecule has 170 valence electrons. The first-order valence-electron chi connectivity index (χ1n) is 9.67. The van der Waals surface area contributed by atoms with Gasteiger partial charge in [0.2, 0.25) is 0 Å². The van der Waals surface area contributed by atoms with Crippen molar-refractivity contribution in [1.82, 2.24) is 20.5 Å². The normalized spacial score (nSPS) is 28.2. The Labute approximate surface area is 179 Å². The molecule has 2 fully saturated rings. The van der Waals surface area contributed by atoms with E-state index in [2.05, 4.69) is 15.3 Å².